The number of nitrogens with one attached hydrogen (secondary N) is 3. The van der Waals surface area contributed by atoms with Gasteiger partial charge in [0.15, 0.2) is 0 Å². The zero-order valence-corrected chi connectivity index (χ0v) is 14.7. The number of hydrogen-bond acceptors (Lipinski definition) is 5. The summed E-state index contributed by atoms with van der Waals surface area (Å²) in [5.41, 5.74) is 1.30. The Labute approximate surface area is 150 Å². The summed E-state index contributed by atoms with van der Waals surface area (Å²) < 4.78 is 26.5. The molecule has 0 fully saturated rings. The van der Waals surface area contributed by atoms with E-state index in [2.05, 4.69) is 15.4 Å². The number of urea groups is 1. The number of sulfonamides is 1. The molecule has 2 aromatic rings. The normalized spacial score (nSPS) is 11.0. The van der Waals surface area contributed by atoms with Crippen molar-refractivity contribution >= 4 is 27.4 Å². The van der Waals surface area contributed by atoms with E-state index in [0.29, 0.717) is 5.69 Å². The van der Waals surface area contributed by atoms with Gasteiger partial charge < -0.3 is 10.6 Å². The molecule has 0 bridgehead atoms. The van der Waals surface area contributed by atoms with Gasteiger partial charge in [-0.3, -0.25) is 10.1 Å². The van der Waals surface area contributed by atoms with Gasteiger partial charge in [0.25, 0.3) is 5.69 Å². The number of non-ortho nitro benzene ring substituents is 1. The molecule has 26 heavy (non-hydrogen) atoms. The van der Waals surface area contributed by atoms with Crippen molar-refractivity contribution in [3.8, 4) is 0 Å². The van der Waals surface area contributed by atoms with E-state index in [9.17, 15) is 23.3 Å². The van der Waals surface area contributed by atoms with E-state index < -0.39 is 21.0 Å². The van der Waals surface area contributed by atoms with Gasteiger partial charge >= 0.3 is 6.03 Å². The zero-order valence-electron chi connectivity index (χ0n) is 13.9. The number of aryl methyl sites for hydroxylation is 1. The predicted molar refractivity (Wildman–Crippen MR) is 96.5 cm³/mol. The SMILES string of the molecule is Cc1cccc(NC(=O)NCCNS(=O)(=O)c2cccc([N+](=O)[O-])c2)c1. The average molecular weight is 378 g/mol. The Morgan fingerprint density at radius 2 is 1.85 bits per heavy atom. The molecule has 10 heteroatoms. The minimum atomic E-state index is -3.90. The summed E-state index contributed by atoms with van der Waals surface area (Å²) in [4.78, 5) is 21.6. The third kappa shape index (κ3) is 5.53. The number of carbonyl (C=O) groups is 1. The van der Waals surface area contributed by atoms with Gasteiger partial charge in [-0.25, -0.2) is 17.9 Å². The quantitative estimate of drug-likeness (QED) is 0.385. The van der Waals surface area contributed by atoms with Crippen molar-refractivity contribution in [2.45, 2.75) is 11.8 Å². The monoisotopic (exact) mass is 378 g/mol. The fraction of sp³-hybridized carbons (Fsp3) is 0.188. The van der Waals surface area contributed by atoms with E-state index in [4.69, 9.17) is 0 Å². The fourth-order valence-corrected chi connectivity index (χ4v) is 3.18. The Kier molecular flexibility index (Phi) is 6.26. The van der Waals surface area contributed by atoms with Crippen molar-refractivity contribution in [1.82, 2.24) is 10.0 Å². The first-order chi connectivity index (χ1) is 12.3. The van der Waals surface area contributed by atoms with Crippen molar-refractivity contribution in [3.05, 3.63) is 64.2 Å². The summed E-state index contributed by atoms with van der Waals surface area (Å²) in [7, 11) is -3.90. The molecule has 0 spiro atoms. The molecule has 3 N–H and O–H groups in total. The van der Waals surface area contributed by atoms with Crippen molar-refractivity contribution in [2.75, 3.05) is 18.4 Å². The summed E-state index contributed by atoms with van der Waals surface area (Å²) in [6, 6.07) is 11.5. The first-order valence-corrected chi connectivity index (χ1v) is 9.12. The molecule has 0 aromatic heterocycles. The first-order valence-electron chi connectivity index (χ1n) is 7.63. The molecular weight excluding hydrogens is 360 g/mol. The third-order valence-corrected chi connectivity index (χ3v) is 4.78. The number of hydrogen-bond donors (Lipinski definition) is 3. The van der Waals surface area contributed by atoms with E-state index in [1.165, 1.54) is 18.2 Å². The maximum absolute atomic E-state index is 12.1. The van der Waals surface area contributed by atoms with Gasteiger partial charge in [-0.05, 0) is 30.7 Å². The highest BCUT2D eigenvalue weighted by Gasteiger charge is 2.17. The summed E-state index contributed by atoms with van der Waals surface area (Å²) in [5.74, 6) is 0. The molecule has 0 aliphatic rings. The van der Waals surface area contributed by atoms with Crippen LogP contribution in [-0.2, 0) is 10.0 Å². The number of rotatable bonds is 7. The van der Waals surface area contributed by atoms with Crippen LogP contribution < -0.4 is 15.4 Å². The molecule has 0 heterocycles. The molecule has 0 aliphatic carbocycles. The number of benzene rings is 2. The van der Waals surface area contributed by atoms with Crippen molar-refractivity contribution in [3.63, 3.8) is 0 Å². The number of anilines is 1. The van der Waals surface area contributed by atoms with Crippen LogP contribution in [0.2, 0.25) is 0 Å². The van der Waals surface area contributed by atoms with Crippen LogP contribution in [0.4, 0.5) is 16.2 Å². The Morgan fingerprint density at radius 1 is 1.12 bits per heavy atom. The second kappa shape index (κ2) is 8.41. The molecule has 9 nitrogen and oxygen atoms in total. The van der Waals surface area contributed by atoms with Crippen molar-refractivity contribution in [2.24, 2.45) is 0 Å². The van der Waals surface area contributed by atoms with Gasteiger partial charge in [-0.15, -0.1) is 0 Å². The second-order valence-corrected chi connectivity index (χ2v) is 7.17. The molecule has 0 unspecified atom stereocenters. The van der Waals surface area contributed by atoms with Crippen LogP contribution in [0.1, 0.15) is 5.56 Å². The van der Waals surface area contributed by atoms with Gasteiger partial charge in [-0.1, -0.05) is 18.2 Å². The number of nitro groups is 1. The fourth-order valence-electron chi connectivity index (χ4n) is 2.11. The van der Waals surface area contributed by atoms with Crippen LogP contribution in [-0.4, -0.2) is 32.5 Å². The molecule has 0 saturated heterocycles. The van der Waals surface area contributed by atoms with Gasteiger partial charge in [0.2, 0.25) is 10.0 Å². The number of nitro benzene ring substituents is 1. The first kappa shape index (κ1) is 19.3. The lowest BCUT2D eigenvalue weighted by atomic mass is 10.2. The predicted octanol–water partition coefficient (Wildman–Crippen LogP) is 2.00. The van der Waals surface area contributed by atoms with Crippen molar-refractivity contribution < 1.29 is 18.1 Å². The lowest BCUT2D eigenvalue weighted by Crippen LogP contribution is -2.36. The third-order valence-electron chi connectivity index (χ3n) is 3.32. The Hall–Kier alpha value is -2.98. The van der Waals surface area contributed by atoms with Gasteiger partial charge in [0.1, 0.15) is 0 Å². The highest BCUT2D eigenvalue weighted by molar-refractivity contribution is 7.89. The van der Waals surface area contributed by atoms with Gasteiger partial charge in [0.05, 0.1) is 9.82 Å². The van der Waals surface area contributed by atoms with Crippen LogP contribution in [0.15, 0.2) is 53.4 Å². The Balaban J connectivity index is 1.84. The molecular formula is C16H18N4O5S. The largest absolute Gasteiger partial charge is 0.337 e. The van der Waals surface area contributed by atoms with E-state index in [0.717, 1.165) is 11.6 Å². The molecule has 0 saturated carbocycles. The smallest absolute Gasteiger partial charge is 0.319 e. The van der Waals surface area contributed by atoms with Crippen LogP contribution in [0.5, 0.6) is 0 Å². The standard InChI is InChI=1S/C16H18N4O5S/c1-12-4-2-5-13(10-12)19-16(21)17-8-9-18-26(24,25)15-7-3-6-14(11-15)20(22)23/h2-7,10-11,18H,8-9H2,1H3,(H2,17,19,21). The van der Waals surface area contributed by atoms with E-state index in [1.807, 2.05) is 13.0 Å². The molecule has 0 aliphatic heterocycles. The molecule has 2 aromatic carbocycles. The van der Waals surface area contributed by atoms with Crippen molar-refractivity contribution in [1.29, 1.82) is 0 Å². The highest BCUT2D eigenvalue weighted by atomic mass is 32.2. The van der Waals surface area contributed by atoms with Crippen LogP contribution >= 0.6 is 0 Å². The summed E-state index contributed by atoms with van der Waals surface area (Å²) >= 11 is 0. The van der Waals surface area contributed by atoms with E-state index in [-0.39, 0.29) is 23.7 Å². The molecule has 2 rings (SSSR count). The zero-order chi connectivity index (χ0) is 19.2. The lowest BCUT2D eigenvalue weighted by Gasteiger charge is -2.09. The second-order valence-electron chi connectivity index (χ2n) is 5.40. The summed E-state index contributed by atoms with van der Waals surface area (Å²) in [6.07, 6.45) is 0. The van der Waals surface area contributed by atoms with E-state index >= 15 is 0 Å². The number of nitrogens with zero attached hydrogens (tertiary/aromatic N) is 1. The molecule has 0 radical (unpaired) electrons. The van der Waals surface area contributed by atoms with Crippen LogP contribution in [0.3, 0.4) is 0 Å². The van der Waals surface area contributed by atoms with Crippen LogP contribution in [0.25, 0.3) is 0 Å². The topological polar surface area (TPSA) is 130 Å². The van der Waals surface area contributed by atoms with Crippen LogP contribution in [0, 0.1) is 17.0 Å². The van der Waals surface area contributed by atoms with Gasteiger partial charge in [-0.2, -0.15) is 0 Å². The maximum Gasteiger partial charge on any atom is 0.319 e. The average Bonchev–Trinajstić information content (AvgIpc) is 2.59. The summed E-state index contributed by atoms with van der Waals surface area (Å²) in [5, 5.41) is 15.9. The molecule has 2 amide bonds. The minimum Gasteiger partial charge on any atom is -0.337 e. The number of amides is 2. The lowest BCUT2D eigenvalue weighted by molar-refractivity contribution is -0.385. The summed E-state index contributed by atoms with van der Waals surface area (Å²) in [6.45, 7) is 1.88. The number of carbonyl (C=O) groups excluding carboxylic acids is 1. The maximum atomic E-state index is 12.1. The Bertz CT molecular complexity index is 914. The highest BCUT2D eigenvalue weighted by Crippen LogP contribution is 2.16. The Morgan fingerprint density at radius 3 is 2.54 bits per heavy atom. The molecule has 0 atom stereocenters. The minimum absolute atomic E-state index is 0.0474. The molecule has 138 valence electrons. The van der Waals surface area contributed by atoms with Gasteiger partial charge in [0, 0.05) is 30.9 Å². The van der Waals surface area contributed by atoms with E-state index in [1.54, 1.807) is 18.2 Å².